The van der Waals surface area contributed by atoms with Gasteiger partial charge in [0.2, 0.25) is 5.95 Å². The van der Waals surface area contributed by atoms with E-state index in [9.17, 15) is 13.6 Å². The molecule has 3 heterocycles. The standard InChI is InChI=1S/C18H20F2N8O/c19-18(20)6-3-4-11(21)14(18)26-17-23-8-10(15(22)29)16(27-17)25-12-9-24-28-7-2-1-5-13(12)28/h1-2,5,7-9,11,14H,3-4,6,21H2,(H2,22,29)(H2,23,25,26,27)/t11-,14-/m0/s1. The molecule has 0 saturated heterocycles. The molecular formula is C18H20F2N8O. The molecule has 1 saturated carbocycles. The Labute approximate surface area is 164 Å². The monoisotopic (exact) mass is 402 g/mol. The Balaban J connectivity index is 1.67. The number of amides is 1. The van der Waals surface area contributed by atoms with E-state index in [2.05, 4.69) is 25.7 Å². The number of nitrogens with two attached hydrogens (primary N) is 2. The van der Waals surface area contributed by atoms with Gasteiger partial charge in [-0.3, -0.25) is 4.79 Å². The Morgan fingerprint density at radius 1 is 1.31 bits per heavy atom. The molecule has 0 spiro atoms. The number of halogens is 2. The molecule has 0 unspecified atom stereocenters. The van der Waals surface area contributed by atoms with Gasteiger partial charge < -0.3 is 22.1 Å². The van der Waals surface area contributed by atoms with Crippen LogP contribution in [-0.2, 0) is 0 Å². The molecule has 1 aliphatic rings. The van der Waals surface area contributed by atoms with Crippen molar-refractivity contribution in [2.75, 3.05) is 10.6 Å². The molecule has 3 aromatic rings. The van der Waals surface area contributed by atoms with Crippen LogP contribution >= 0.6 is 0 Å². The first-order chi connectivity index (χ1) is 13.8. The second-order valence-electron chi connectivity index (χ2n) is 6.97. The number of nitrogens with one attached hydrogen (secondary N) is 2. The maximum Gasteiger partial charge on any atom is 0.269 e. The number of aromatic nitrogens is 4. The van der Waals surface area contributed by atoms with Crippen LogP contribution in [0.4, 0.5) is 26.2 Å². The zero-order chi connectivity index (χ0) is 20.6. The molecule has 4 rings (SSSR count). The summed E-state index contributed by atoms with van der Waals surface area (Å²) in [5.41, 5.74) is 12.6. The van der Waals surface area contributed by atoms with E-state index in [0.717, 1.165) is 5.52 Å². The van der Waals surface area contributed by atoms with E-state index in [0.29, 0.717) is 18.5 Å². The van der Waals surface area contributed by atoms with Crippen LogP contribution in [0.1, 0.15) is 29.6 Å². The number of pyridine rings is 1. The lowest BCUT2D eigenvalue weighted by atomic mass is 9.87. The van der Waals surface area contributed by atoms with Crippen molar-refractivity contribution in [3.63, 3.8) is 0 Å². The number of carbonyl (C=O) groups excluding carboxylic acids is 1. The summed E-state index contributed by atoms with van der Waals surface area (Å²) >= 11 is 0. The second kappa shape index (κ2) is 7.24. The molecule has 6 N–H and O–H groups in total. The van der Waals surface area contributed by atoms with Gasteiger partial charge in [-0.1, -0.05) is 6.07 Å². The number of hydrogen-bond donors (Lipinski definition) is 4. The number of fused-ring (bicyclic) bond motifs is 1. The zero-order valence-corrected chi connectivity index (χ0v) is 15.3. The largest absolute Gasteiger partial charge is 0.365 e. The van der Waals surface area contributed by atoms with Crippen LogP contribution in [0.3, 0.4) is 0 Å². The Bertz CT molecular complexity index is 1050. The Hall–Kier alpha value is -3.34. The first-order valence-corrected chi connectivity index (χ1v) is 9.11. The van der Waals surface area contributed by atoms with E-state index >= 15 is 0 Å². The van der Waals surface area contributed by atoms with Gasteiger partial charge in [-0.15, -0.1) is 0 Å². The van der Waals surface area contributed by atoms with E-state index in [4.69, 9.17) is 11.5 Å². The fraction of sp³-hybridized carbons (Fsp3) is 0.333. The first-order valence-electron chi connectivity index (χ1n) is 9.11. The lowest BCUT2D eigenvalue weighted by Crippen LogP contribution is -2.55. The molecule has 1 amide bonds. The summed E-state index contributed by atoms with van der Waals surface area (Å²) in [7, 11) is 0. The van der Waals surface area contributed by atoms with Crippen LogP contribution in [0, 0.1) is 0 Å². The second-order valence-corrected chi connectivity index (χ2v) is 6.97. The van der Waals surface area contributed by atoms with E-state index in [1.165, 1.54) is 6.20 Å². The maximum absolute atomic E-state index is 14.3. The minimum atomic E-state index is -2.99. The number of rotatable bonds is 5. The maximum atomic E-state index is 14.3. The summed E-state index contributed by atoms with van der Waals surface area (Å²) in [5, 5.41) is 9.82. The van der Waals surface area contributed by atoms with Crippen molar-refractivity contribution in [3.05, 3.63) is 42.4 Å². The van der Waals surface area contributed by atoms with Crippen molar-refractivity contribution in [2.45, 2.75) is 37.3 Å². The molecule has 9 nitrogen and oxygen atoms in total. The Morgan fingerprint density at radius 2 is 2.14 bits per heavy atom. The van der Waals surface area contributed by atoms with Crippen LogP contribution in [0.25, 0.3) is 5.52 Å². The highest BCUT2D eigenvalue weighted by Gasteiger charge is 2.46. The van der Waals surface area contributed by atoms with Gasteiger partial charge in [0.25, 0.3) is 11.8 Å². The quantitative estimate of drug-likeness (QED) is 0.512. The number of alkyl halides is 2. The van der Waals surface area contributed by atoms with Gasteiger partial charge in [0, 0.05) is 24.9 Å². The van der Waals surface area contributed by atoms with Crippen molar-refractivity contribution >= 4 is 28.9 Å². The van der Waals surface area contributed by atoms with Gasteiger partial charge in [-0.2, -0.15) is 10.1 Å². The third-order valence-corrected chi connectivity index (χ3v) is 4.95. The van der Waals surface area contributed by atoms with Crippen molar-refractivity contribution in [3.8, 4) is 0 Å². The van der Waals surface area contributed by atoms with Gasteiger partial charge in [0.1, 0.15) is 17.4 Å². The summed E-state index contributed by atoms with van der Waals surface area (Å²) in [4.78, 5) is 20.0. The normalized spacial score (nSPS) is 21.1. The molecule has 11 heteroatoms. The van der Waals surface area contributed by atoms with Crippen LogP contribution < -0.4 is 22.1 Å². The van der Waals surface area contributed by atoms with E-state index in [1.807, 2.05) is 18.2 Å². The van der Waals surface area contributed by atoms with Gasteiger partial charge in [0.15, 0.2) is 0 Å². The third kappa shape index (κ3) is 3.68. The summed E-state index contributed by atoms with van der Waals surface area (Å²) in [5.74, 6) is -3.73. The third-order valence-electron chi connectivity index (χ3n) is 4.95. The van der Waals surface area contributed by atoms with Crippen LogP contribution in [0.2, 0.25) is 0 Å². The first kappa shape index (κ1) is 19.0. The Kier molecular flexibility index (Phi) is 4.74. The number of nitrogens with zero attached hydrogens (tertiary/aromatic N) is 4. The molecular weight excluding hydrogens is 382 g/mol. The fourth-order valence-corrected chi connectivity index (χ4v) is 3.45. The molecule has 29 heavy (non-hydrogen) atoms. The van der Waals surface area contributed by atoms with Gasteiger partial charge in [-0.25, -0.2) is 18.3 Å². The van der Waals surface area contributed by atoms with E-state index in [1.54, 1.807) is 16.9 Å². The number of hydrogen-bond acceptors (Lipinski definition) is 7. The lowest BCUT2D eigenvalue weighted by molar-refractivity contribution is -0.0513. The SMILES string of the molecule is NC(=O)c1cnc(N[C@H]2[C@@H](N)CCCC2(F)F)nc1Nc1cnn2ccccc12. The molecule has 0 aliphatic heterocycles. The summed E-state index contributed by atoms with van der Waals surface area (Å²) in [6.07, 6.45) is 5.08. The Morgan fingerprint density at radius 3 is 2.90 bits per heavy atom. The van der Waals surface area contributed by atoms with Crippen LogP contribution in [0.15, 0.2) is 36.8 Å². The highest BCUT2D eigenvalue weighted by Crippen LogP contribution is 2.34. The number of carbonyl (C=O) groups is 1. The molecule has 0 bridgehead atoms. The lowest BCUT2D eigenvalue weighted by Gasteiger charge is -2.36. The fourth-order valence-electron chi connectivity index (χ4n) is 3.45. The van der Waals surface area contributed by atoms with Gasteiger partial charge >= 0.3 is 0 Å². The van der Waals surface area contributed by atoms with Gasteiger partial charge in [-0.05, 0) is 25.0 Å². The highest BCUT2D eigenvalue weighted by atomic mass is 19.3. The summed E-state index contributed by atoms with van der Waals surface area (Å²) in [6, 6.07) is 3.42. The molecule has 0 aromatic carbocycles. The predicted octanol–water partition coefficient (Wildman–Crippen LogP) is 1.89. The molecule has 152 valence electrons. The number of anilines is 3. The average molecular weight is 402 g/mol. The van der Waals surface area contributed by atoms with E-state index < -0.39 is 23.9 Å². The van der Waals surface area contributed by atoms with Crippen LogP contribution in [-0.4, -0.2) is 43.5 Å². The minimum absolute atomic E-state index is 0.0190. The van der Waals surface area contributed by atoms with Crippen molar-refractivity contribution in [2.24, 2.45) is 11.5 Å². The molecule has 3 aromatic heterocycles. The number of primary amides is 1. The van der Waals surface area contributed by atoms with Crippen LogP contribution in [0.5, 0.6) is 0 Å². The molecule has 2 atom stereocenters. The predicted molar refractivity (Wildman–Crippen MR) is 103 cm³/mol. The van der Waals surface area contributed by atoms with Crippen molar-refractivity contribution in [1.82, 2.24) is 19.6 Å². The van der Waals surface area contributed by atoms with E-state index in [-0.39, 0.29) is 23.8 Å². The highest BCUT2D eigenvalue weighted by molar-refractivity contribution is 5.98. The molecule has 1 fully saturated rings. The van der Waals surface area contributed by atoms with Crippen molar-refractivity contribution in [1.29, 1.82) is 0 Å². The topological polar surface area (TPSA) is 136 Å². The van der Waals surface area contributed by atoms with Crippen molar-refractivity contribution < 1.29 is 13.6 Å². The summed E-state index contributed by atoms with van der Waals surface area (Å²) in [6.45, 7) is 0. The van der Waals surface area contributed by atoms with Gasteiger partial charge in [0.05, 0.1) is 17.4 Å². The smallest absolute Gasteiger partial charge is 0.269 e. The molecule has 0 radical (unpaired) electrons. The zero-order valence-electron chi connectivity index (χ0n) is 15.3. The summed E-state index contributed by atoms with van der Waals surface area (Å²) < 4.78 is 30.2. The molecule has 1 aliphatic carbocycles. The minimum Gasteiger partial charge on any atom is -0.365 e. The average Bonchev–Trinajstić information content (AvgIpc) is 3.08.